The first kappa shape index (κ1) is 38.8. The standard InChI is InChI=1S/C61H39N7O/c1-5-18-39(19-6-1)54-37-49-57(69-54)56(40-20-7-2-8-21-40)63-60(62-49)67-50-28-16-15-27-46(50)47-35-43(30-32-51(47)67)44-31-33-52-48(36-44)55-45-26-14-13-17-38(45)29-34-53(55)68(52)61-65-58(41-22-9-3-10-23-41)64-59(66-61)42-24-11-4-12-25-42/h1-37,58H,(H,64,65,66). The first-order chi connectivity index (χ1) is 34.2. The van der Waals surface area contributed by atoms with Crippen LogP contribution in [0.5, 0.6) is 0 Å². The molecule has 324 valence electrons. The maximum Gasteiger partial charge on any atom is 0.236 e. The van der Waals surface area contributed by atoms with E-state index in [0.717, 1.165) is 99.8 Å². The Morgan fingerprint density at radius 2 is 1.03 bits per heavy atom. The van der Waals surface area contributed by atoms with Crippen LogP contribution in [-0.4, -0.2) is 30.9 Å². The molecule has 0 amide bonds. The lowest BCUT2D eigenvalue weighted by Gasteiger charge is -2.24. The number of fused-ring (bicyclic) bond motifs is 9. The maximum atomic E-state index is 6.56. The molecule has 0 aliphatic carbocycles. The number of aliphatic imine (C=N–C) groups is 2. The van der Waals surface area contributed by atoms with Gasteiger partial charge in [-0.15, -0.1) is 0 Å². The van der Waals surface area contributed by atoms with Crippen molar-refractivity contribution in [3.8, 4) is 39.7 Å². The summed E-state index contributed by atoms with van der Waals surface area (Å²) in [6.45, 7) is 0. The largest absolute Gasteiger partial charge is 0.452 e. The van der Waals surface area contributed by atoms with E-state index in [9.17, 15) is 0 Å². The van der Waals surface area contributed by atoms with E-state index in [1.807, 2.05) is 66.7 Å². The highest BCUT2D eigenvalue weighted by Gasteiger charge is 2.26. The fraction of sp³-hybridized carbons (Fsp3) is 0.0164. The van der Waals surface area contributed by atoms with Crippen molar-refractivity contribution in [2.45, 2.75) is 6.17 Å². The molecule has 5 heterocycles. The molecule has 1 atom stereocenters. The zero-order valence-electron chi connectivity index (χ0n) is 37.0. The number of furan rings is 1. The third kappa shape index (κ3) is 6.38. The summed E-state index contributed by atoms with van der Waals surface area (Å²) in [7, 11) is 0. The van der Waals surface area contributed by atoms with Gasteiger partial charge < -0.3 is 9.73 Å². The summed E-state index contributed by atoms with van der Waals surface area (Å²) in [6.07, 6.45) is -0.335. The number of nitrogens with zero attached hydrogens (tertiary/aromatic N) is 6. The molecule has 8 heteroatoms. The second-order valence-electron chi connectivity index (χ2n) is 17.5. The van der Waals surface area contributed by atoms with Crippen molar-refractivity contribution in [2.24, 2.45) is 9.98 Å². The van der Waals surface area contributed by atoms with Crippen LogP contribution in [0.4, 0.5) is 0 Å². The van der Waals surface area contributed by atoms with E-state index in [4.69, 9.17) is 24.4 Å². The molecule has 0 bridgehead atoms. The minimum atomic E-state index is -0.335. The van der Waals surface area contributed by atoms with Crippen LogP contribution in [0.25, 0.3) is 105 Å². The molecule has 1 aliphatic heterocycles. The van der Waals surface area contributed by atoms with Crippen LogP contribution in [-0.2, 0) is 0 Å². The van der Waals surface area contributed by atoms with E-state index in [0.29, 0.717) is 17.5 Å². The summed E-state index contributed by atoms with van der Waals surface area (Å²) in [5.41, 5.74) is 12.5. The van der Waals surface area contributed by atoms with Gasteiger partial charge >= 0.3 is 0 Å². The first-order valence-corrected chi connectivity index (χ1v) is 23.2. The summed E-state index contributed by atoms with van der Waals surface area (Å²) in [4.78, 5) is 21.2. The number of amidine groups is 1. The summed E-state index contributed by atoms with van der Waals surface area (Å²) in [5, 5.41) is 10.5. The third-order valence-electron chi connectivity index (χ3n) is 13.4. The van der Waals surface area contributed by atoms with Crippen LogP contribution in [0.15, 0.2) is 239 Å². The van der Waals surface area contributed by atoms with Gasteiger partial charge in [0, 0.05) is 44.3 Å². The zero-order valence-corrected chi connectivity index (χ0v) is 37.0. The molecule has 14 rings (SSSR count). The second kappa shape index (κ2) is 15.6. The predicted molar refractivity (Wildman–Crippen MR) is 281 cm³/mol. The number of aromatic nitrogens is 4. The molecule has 69 heavy (non-hydrogen) atoms. The molecule has 4 aromatic heterocycles. The van der Waals surface area contributed by atoms with E-state index < -0.39 is 0 Å². The highest BCUT2D eigenvalue weighted by molar-refractivity contribution is 6.25. The topological polar surface area (TPSA) is 85.5 Å². The molecule has 13 aromatic rings. The smallest absolute Gasteiger partial charge is 0.236 e. The van der Waals surface area contributed by atoms with Crippen LogP contribution in [0.1, 0.15) is 17.3 Å². The van der Waals surface area contributed by atoms with Crippen molar-refractivity contribution in [2.75, 3.05) is 0 Å². The molecule has 0 spiro atoms. The Balaban J connectivity index is 0.954. The van der Waals surface area contributed by atoms with E-state index in [1.54, 1.807) is 0 Å². The van der Waals surface area contributed by atoms with Gasteiger partial charge in [0.15, 0.2) is 5.58 Å². The van der Waals surface area contributed by atoms with Crippen LogP contribution in [0.2, 0.25) is 0 Å². The predicted octanol–water partition coefficient (Wildman–Crippen LogP) is 14.5. The van der Waals surface area contributed by atoms with E-state index in [-0.39, 0.29) is 6.17 Å². The average Bonchev–Trinajstić information content (AvgIpc) is 4.12. The molecule has 0 radical (unpaired) electrons. The minimum absolute atomic E-state index is 0.335. The fourth-order valence-corrected chi connectivity index (χ4v) is 10.2. The SMILES string of the molecule is c1ccc(C2=NC(n3c4ccc(-c5ccc6c(c5)c5ccccc5n6-c5nc(-c6ccccc6)c6oc(-c7ccccc7)cc6n5)cc4c4c5ccccc5ccc43)=NC(c3ccccc3)N2)cc1. The number of para-hydroxylation sites is 1. The van der Waals surface area contributed by atoms with Gasteiger partial charge in [0.1, 0.15) is 29.0 Å². The van der Waals surface area contributed by atoms with Crippen molar-refractivity contribution in [1.82, 2.24) is 24.4 Å². The van der Waals surface area contributed by atoms with Gasteiger partial charge in [0.05, 0.1) is 22.1 Å². The number of hydrogen-bond acceptors (Lipinski definition) is 6. The quantitative estimate of drug-likeness (QED) is 0.180. The van der Waals surface area contributed by atoms with Gasteiger partial charge in [-0.05, 0) is 63.9 Å². The number of hydrogen-bond donors (Lipinski definition) is 1. The normalized spacial score (nSPS) is 13.9. The molecular formula is C61H39N7O. The highest BCUT2D eigenvalue weighted by Crippen LogP contribution is 2.41. The Hall–Kier alpha value is -9.40. The lowest BCUT2D eigenvalue weighted by molar-refractivity contribution is 0.630. The van der Waals surface area contributed by atoms with Gasteiger partial charge in [-0.2, -0.15) is 4.99 Å². The van der Waals surface area contributed by atoms with E-state index in [1.165, 1.54) is 10.8 Å². The fourth-order valence-electron chi connectivity index (χ4n) is 10.2. The van der Waals surface area contributed by atoms with Gasteiger partial charge in [0.2, 0.25) is 11.9 Å². The summed E-state index contributed by atoms with van der Waals surface area (Å²) in [6, 6.07) is 78.2. The summed E-state index contributed by atoms with van der Waals surface area (Å²) >= 11 is 0. The number of nitrogens with one attached hydrogen (secondary N) is 1. The van der Waals surface area contributed by atoms with Gasteiger partial charge in [-0.3, -0.25) is 9.13 Å². The Morgan fingerprint density at radius 3 is 1.78 bits per heavy atom. The van der Waals surface area contributed by atoms with E-state index >= 15 is 0 Å². The molecule has 0 saturated carbocycles. The van der Waals surface area contributed by atoms with Crippen molar-refractivity contribution < 1.29 is 4.42 Å². The number of benzene rings is 9. The van der Waals surface area contributed by atoms with Crippen LogP contribution in [0.3, 0.4) is 0 Å². The maximum absolute atomic E-state index is 6.56. The Kier molecular flexibility index (Phi) is 8.78. The minimum Gasteiger partial charge on any atom is -0.452 e. The third-order valence-corrected chi connectivity index (χ3v) is 13.4. The van der Waals surface area contributed by atoms with Crippen LogP contribution < -0.4 is 5.32 Å². The Labute approximate surface area is 395 Å². The molecule has 0 fully saturated rings. The van der Waals surface area contributed by atoms with Gasteiger partial charge in [-0.25, -0.2) is 15.0 Å². The highest BCUT2D eigenvalue weighted by atomic mass is 16.3. The van der Waals surface area contributed by atoms with Crippen molar-refractivity contribution in [3.05, 3.63) is 236 Å². The zero-order chi connectivity index (χ0) is 45.4. The van der Waals surface area contributed by atoms with Gasteiger partial charge in [0.25, 0.3) is 0 Å². The van der Waals surface area contributed by atoms with E-state index in [2.05, 4.69) is 172 Å². The Bertz CT molecular complexity index is 4210. The van der Waals surface area contributed by atoms with Crippen molar-refractivity contribution in [3.63, 3.8) is 0 Å². The summed E-state index contributed by atoms with van der Waals surface area (Å²) < 4.78 is 11.0. The molecule has 8 nitrogen and oxygen atoms in total. The second-order valence-corrected chi connectivity index (χ2v) is 17.5. The molecule has 9 aromatic carbocycles. The average molecular weight is 886 g/mol. The van der Waals surface area contributed by atoms with Crippen LogP contribution in [0, 0.1) is 0 Å². The Morgan fingerprint density at radius 1 is 0.435 bits per heavy atom. The molecule has 1 aliphatic rings. The monoisotopic (exact) mass is 885 g/mol. The molecule has 1 unspecified atom stereocenters. The lowest BCUT2D eigenvalue weighted by atomic mass is 9.99. The number of rotatable bonds is 6. The van der Waals surface area contributed by atoms with Gasteiger partial charge in [-0.1, -0.05) is 182 Å². The molecular weight excluding hydrogens is 847 g/mol. The van der Waals surface area contributed by atoms with Crippen LogP contribution >= 0.6 is 0 Å². The molecule has 0 saturated heterocycles. The summed E-state index contributed by atoms with van der Waals surface area (Å²) in [5.74, 6) is 2.73. The van der Waals surface area contributed by atoms with Crippen molar-refractivity contribution >= 4 is 77.3 Å². The molecule has 1 N–H and O–H groups in total. The first-order valence-electron chi connectivity index (χ1n) is 23.2. The lowest BCUT2D eigenvalue weighted by Crippen LogP contribution is -2.35. The van der Waals surface area contributed by atoms with Crippen molar-refractivity contribution in [1.29, 1.82) is 0 Å².